The molecule has 0 amide bonds. The quantitative estimate of drug-likeness (QED) is 0.745. The summed E-state index contributed by atoms with van der Waals surface area (Å²) in [5.41, 5.74) is 3.66. The summed E-state index contributed by atoms with van der Waals surface area (Å²) in [7, 11) is 0. The molecule has 0 aromatic heterocycles. The van der Waals surface area contributed by atoms with Crippen molar-refractivity contribution in [2.45, 2.75) is 33.5 Å². The third-order valence-electron chi connectivity index (χ3n) is 3.47. The van der Waals surface area contributed by atoms with Gasteiger partial charge in [-0.15, -0.1) is 0 Å². The lowest BCUT2D eigenvalue weighted by Gasteiger charge is -2.14. The predicted octanol–water partition coefficient (Wildman–Crippen LogP) is 4.74. The van der Waals surface area contributed by atoms with Gasteiger partial charge in [0.25, 0.3) is 0 Å². The van der Waals surface area contributed by atoms with Crippen LogP contribution in [-0.4, -0.2) is 11.9 Å². The van der Waals surface area contributed by atoms with E-state index in [1.165, 1.54) is 0 Å². The summed E-state index contributed by atoms with van der Waals surface area (Å²) in [5.74, 6) is 0.00301. The fraction of sp³-hybridized carbons (Fsp3) is 0.278. The summed E-state index contributed by atoms with van der Waals surface area (Å²) >= 11 is 6.09. The van der Waals surface area contributed by atoms with Crippen molar-refractivity contribution < 1.29 is 9.53 Å². The molecule has 0 aliphatic carbocycles. The summed E-state index contributed by atoms with van der Waals surface area (Å²) in [6.45, 7) is 6.03. The van der Waals surface area contributed by atoms with E-state index in [9.17, 15) is 4.79 Å². The Labute approximate surface area is 130 Å². The first-order chi connectivity index (χ1) is 9.99. The number of benzene rings is 2. The lowest BCUT2D eigenvalue weighted by molar-refractivity contribution is 0.0412. The minimum Gasteiger partial charge on any atom is -0.366 e. The van der Waals surface area contributed by atoms with Crippen LogP contribution in [0.4, 0.5) is 0 Å². The zero-order valence-electron chi connectivity index (χ0n) is 12.5. The van der Waals surface area contributed by atoms with Crippen LogP contribution in [0.25, 0.3) is 0 Å². The SMILES string of the molecule is Cc1ccc(C)c(C(=O)C(C)OCc2ccccc2Cl)c1. The Kier molecular flexibility index (Phi) is 5.16. The minimum atomic E-state index is -0.498. The molecule has 110 valence electrons. The van der Waals surface area contributed by atoms with Gasteiger partial charge < -0.3 is 4.74 Å². The number of hydrogen-bond donors (Lipinski definition) is 0. The van der Waals surface area contributed by atoms with E-state index in [2.05, 4.69) is 0 Å². The Morgan fingerprint density at radius 3 is 2.62 bits per heavy atom. The van der Waals surface area contributed by atoms with Crippen LogP contribution in [0.15, 0.2) is 42.5 Å². The van der Waals surface area contributed by atoms with Gasteiger partial charge in [0.1, 0.15) is 6.10 Å². The molecule has 2 rings (SSSR count). The molecule has 0 saturated heterocycles. The first-order valence-electron chi connectivity index (χ1n) is 6.95. The summed E-state index contributed by atoms with van der Waals surface area (Å²) in [5, 5.41) is 0.656. The number of Topliss-reactive ketones (excluding diaryl/α,β-unsaturated/α-hetero) is 1. The first kappa shape index (κ1) is 15.7. The van der Waals surface area contributed by atoms with Crippen LogP contribution in [-0.2, 0) is 11.3 Å². The van der Waals surface area contributed by atoms with E-state index in [0.717, 1.165) is 22.3 Å². The molecule has 21 heavy (non-hydrogen) atoms. The number of halogens is 1. The van der Waals surface area contributed by atoms with Crippen LogP contribution in [0, 0.1) is 13.8 Å². The zero-order valence-corrected chi connectivity index (χ0v) is 13.3. The van der Waals surface area contributed by atoms with Crippen molar-refractivity contribution in [2.75, 3.05) is 0 Å². The van der Waals surface area contributed by atoms with Gasteiger partial charge in [-0.25, -0.2) is 0 Å². The van der Waals surface area contributed by atoms with Crippen LogP contribution in [0.3, 0.4) is 0 Å². The van der Waals surface area contributed by atoms with Gasteiger partial charge >= 0.3 is 0 Å². The normalized spacial score (nSPS) is 12.2. The lowest BCUT2D eigenvalue weighted by Crippen LogP contribution is -2.21. The monoisotopic (exact) mass is 302 g/mol. The largest absolute Gasteiger partial charge is 0.366 e. The maximum atomic E-state index is 12.5. The fourth-order valence-corrected chi connectivity index (χ4v) is 2.32. The molecule has 0 heterocycles. The van der Waals surface area contributed by atoms with Crippen molar-refractivity contribution in [3.63, 3.8) is 0 Å². The molecule has 2 aromatic rings. The lowest BCUT2D eigenvalue weighted by atomic mass is 9.99. The van der Waals surface area contributed by atoms with Gasteiger partial charge in [0.15, 0.2) is 5.78 Å². The molecule has 0 N–H and O–H groups in total. The van der Waals surface area contributed by atoms with Crippen molar-refractivity contribution in [3.05, 3.63) is 69.7 Å². The Hall–Kier alpha value is -1.64. The molecule has 0 bridgehead atoms. The Balaban J connectivity index is 2.06. The molecule has 0 saturated carbocycles. The molecule has 0 aliphatic heterocycles. The topological polar surface area (TPSA) is 26.3 Å². The second-order valence-corrected chi connectivity index (χ2v) is 5.63. The van der Waals surface area contributed by atoms with Crippen molar-refractivity contribution >= 4 is 17.4 Å². The summed E-state index contributed by atoms with van der Waals surface area (Å²) in [6.07, 6.45) is -0.498. The van der Waals surface area contributed by atoms with E-state index in [4.69, 9.17) is 16.3 Å². The van der Waals surface area contributed by atoms with Crippen LogP contribution in [0.2, 0.25) is 5.02 Å². The Morgan fingerprint density at radius 2 is 1.90 bits per heavy atom. The van der Waals surface area contributed by atoms with Crippen molar-refractivity contribution in [3.8, 4) is 0 Å². The maximum Gasteiger partial charge on any atom is 0.191 e. The average molecular weight is 303 g/mol. The van der Waals surface area contributed by atoms with E-state index in [0.29, 0.717) is 11.6 Å². The van der Waals surface area contributed by atoms with Crippen molar-refractivity contribution in [1.82, 2.24) is 0 Å². The van der Waals surface area contributed by atoms with E-state index >= 15 is 0 Å². The molecule has 2 aromatic carbocycles. The second-order valence-electron chi connectivity index (χ2n) is 5.23. The number of carbonyl (C=O) groups is 1. The number of ketones is 1. The third-order valence-corrected chi connectivity index (χ3v) is 3.84. The number of aryl methyl sites for hydroxylation is 2. The minimum absolute atomic E-state index is 0.00301. The van der Waals surface area contributed by atoms with Gasteiger partial charge in [0.2, 0.25) is 0 Å². The van der Waals surface area contributed by atoms with E-state index in [-0.39, 0.29) is 5.78 Å². The third kappa shape index (κ3) is 3.93. The van der Waals surface area contributed by atoms with Gasteiger partial charge in [0, 0.05) is 10.6 Å². The molecule has 0 radical (unpaired) electrons. The van der Waals surface area contributed by atoms with Crippen molar-refractivity contribution in [1.29, 1.82) is 0 Å². The number of ether oxygens (including phenoxy) is 1. The number of rotatable bonds is 5. The van der Waals surface area contributed by atoms with Gasteiger partial charge in [-0.1, -0.05) is 47.5 Å². The molecule has 2 nitrogen and oxygen atoms in total. The molecule has 0 fully saturated rings. The molecular formula is C18H19ClO2. The number of hydrogen-bond acceptors (Lipinski definition) is 2. The van der Waals surface area contributed by atoms with Gasteiger partial charge in [0.05, 0.1) is 6.61 Å². The second kappa shape index (κ2) is 6.88. The van der Waals surface area contributed by atoms with Crippen molar-refractivity contribution in [2.24, 2.45) is 0 Å². The van der Waals surface area contributed by atoms with Gasteiger partial charge in [-0.3, -0.25) is 4.79 Å². The van der Waals surface area contributed by atoms with Gasteiger partial charge in [-0.2, -0.15) is 0 Å². The maximum absolute atomic E-state index is 12.5. The van der Waals surface area contributed by atoms with Crippen LogP contribution >= 0.6 is 11.6 Å². The first-order valence-corrected chi connectivity index (χ1v) is 7.33. The Morgan fingerprint density at radius 1 is 1.19 bits per heavy atom. The average Bonchev–Trinajstić information content (AvgIpc) is 2.48. The highest BCUT2D eigenvalue weighted by Gasteiger charge is 2.18. The predicted molar refractivity (Wildman–Crippen MR) is 85.9 cm³/mol. The van der Waals surface area contributed by atoms with Crippen LogP contribution in [0.1, 0.15) is 34.0 Å². The smallest absolute Gasteiger partial charge is 0.191 e. The van der Waals surface area contributed by atoms with Gasteiger partial charge in [-0.05, 0) is 44.0 Å². The highest BCUT2D eigenvalue weighted by molar-refractivity contribution is 6.31. The molecular weight excluding hydrogens is 284 g/mol. The molecule has 1 unspecified atom stereocenters. The fourth-order valence-electron chi connectivity index (χ4n) is 2.13. The Bertz CT molecular complexity index is 649. The molecule has 0 spiro atoms. The standard InChI is InChI=1S/C18H19ClO2/c1-12-8-9-13(2)16(10-12)18(20)14(3)21-11-15-6-4-5-7-17(15)19/h4-10,14H,11H2,1-3H3. The summed E-state index contributed by atoms with van der Waals surface area (Å²) < 4.78 is 5.69. The highest BCUT2D eigenvalue weighted by Crippen LogP contribution is 2.18. The van der Waals surface area contributed by atoms with E-state index in [1.54, 1.807) is 6.92 Å². The van der Waals surface area contributed by atoms with E-state index < -0.39 is 6.10 Å². The molecule has 3 heteroatoms. The van der Waals surface area contributed by atoms with Crippen LogP contribution in [0.5, 0.6) is 0 Å². The van der Waals surface area contributed by atoms with E-state index in [1.807, 2.05) is 56.3 Å². The molecule has 1 atom stereocenters. The number of carbonyl (C=O) groups excluding carboxylic acids is 1. The molecule has 0 aliphatic rings. The van der Waals surface area contributed by atoms with Crippen LogP contribution < -0.4 is 0 Å². The zero-order chi connectivity index (χ0) is 15.4. The summed E-state index contributed by atoms with van der Waals surface area (Å²) in [6, 6.07) is 13.4. The highest BCUT2D eigenvalue weighted by atomic mass is 35.5. The summed E-state index contributed by atoms with van der Waals surface area (Å²) in [4.78, 5) is 12.5.